The Hall–Kier alpha value is -0.250. The Morgan fingerprint density at radius 3 is 2.57 bits per heavy atom. The zero-order valence-electron chi connectivity index (χ0n) is 8.51. The van der Waals surface area contributed by atoms with Gasteiger partial charge in [0.05, 0.1) is 6.61 Å². The Labute approximate surface area is 93.9 Å². The Morgan fingerprint density at radius 1 is 1.21 bits per heavy atom. The van der Waals surface area contributed by atoms with Gasteiger partial charge in [0, 0.05) is 18.4 Å². The summed E-state index contributed by atoms with van der Waals surface area (Å²) in [6.45, 7) is 2.30. The molecule has 1 heterocycles. The van der Waals surface area contributed by atoms with Gasteiger partial charge in [-0.2, -0.15) is 0 Å². The number of halogens is 1. The van der Waals surface area contributed by atoms with Gasteiger partial charge in [-0.05, 0) is 32.1 Å². The molecule has 0 aromatic heterocycles. The van der Waals surface area contributed by atoms with Gasteiger partial charge in [0.1, 0.15) is 0 Å². The molecule has 0 bridgehead atoms. The van der Waals surface area contributed by atoms with Crippen LogP contribution in [0.4, 0.5) is 4.79 Å². The van der Waals surface area contributed by atoms with E-state index in [0.717, 1.165) is 44.1 Å². The quantitative estimate of drug-likeness (QED) is 0.577. The molecule has 0 atom stereocenters. The largest absolute Gasteiger partial charge is 0.449 e. The number of hydrogen-bond acceptors (Lipinski definition) is 2. The van der Waals surface area contributed by atoms with E-state index in [-0.39, 0.29) is 6.09 Å². The number of piperidine rings is 1. The molecular formula is C10H18BrNO2. The topological polar surface area (TPSA) is 29.5 Å². The molecule has 1 saturated heterocycles. The van der Waals surface area contributed by atoms with Crippen molar-refractivity contribution >= 4 is 22.0 Å². The number of rotatable bonds is 4. The number of amides is 1. The van der Waals surface area contributed by atoms with Gasteiger partial charge >= 0.3 is 6.09 Å². The van der Waals surface area contributed by atoms with Crippen LogP contribution in [0.2, 0.25) is 0 Å². The van der Waals surface area contributed by atoms with Crippen molar-refractivity contribution in [2.45, 2.75) is 32.1 Å². The van der Waals surface area contributed by atoms with E-state index in [0.29, 0.717) is 6.61 Å². The molecule has 3 nitrogen and oxygen atoms in total. The number of carbonyl (C=O) groups is 1. The summed E-state index contributed by atoms with van der Waals surface area (Å²) in [6, 6.07) is 0. The molecule has 1 aliphatic heterocycles. The summed E-state index contributed by atoms with van der Waals surface area (Å²) in [4.78, 5) is 13.3. The summed E-state index contributed by atoms with van der Waals surface area (Å²) >= 11 is 3.34. The molecule has 1 fully saturated rings. The lowest BCUT2D eigenvalue weighted by molar-refractivity contribution is 0.0942. The van der Waals surface area contributed by atoms with Crippen molar-refractivity contribution in [3.05, 3.63) is 0 Å². The summed E-state index contributed by atoms with van der Waals surface area (Å²) in [5, 5.41) is 0.980. The van der Waals surface area contributed by atoms with Gasteiger partial charge in [0.15, 0.2) is 0 Å². The van der Waals surface area contributed by atoms with Crippen molar-refractivity contribution in [1.82, 2.24) is 4.90 Å². The molecule has 0 aromatic rings. The van der Waals surface area contributed by atoms with Crippen molar-refractivity contribution in [2.24, 2.45) is 0 Å². The van der Waals surface area contributed by atoms with Crippen LogP contribution in [-0.2, 0) is 4.74 Å². The van der Waals surface area contributed by atoms with Crippen LogP contribution < -0.4 is 0 Å². The van der Waals surface area contributed by atoms with Crippen LogP contribution in [0.5, 0.6) is 0 Å². The highest BCUT2D eigenvalue weighted by molar-refractivity contribution is 9.09. The summed E-state index contributed by atoms with van der Waals surface area (Å²) in [6.07, 6.45) is 5.37. The van der Waals surface area contributed by atoms with Crippen molar-refractivity contribution in [3.63, 3.8) is 0 Å². The van der Waals surface area contributed by atoms with Gasteiger partial charge in [-0.3, -0.25) is 0 Å². The fraction of sp³-hybridized carbons (Fsp3) is 0.900. The van der Waals surface area contributed by atoms with Gasteiger partial charge in [-0.1, -0.05) is 15.9 Å². The van der Waals surface area contributed by atoms with E-state index in [1.807, 2.05) is 4.90 Å². The highest BCUT2D eigenvalue weighted by Crippen LogP contribution is 2.09. The molecule has 0 unspecified atom stereocenters. The highest BCUT2D eigenvalue weighted by atomic mass is 79.9. The molecule has 4 heteroatoms. The second-order valence-corrected chi connectivity index (χ2v) is 4.35. The number of unbranched alkanes of at least 4 members (excludes halogenated alkanes) is 1. The Balaban J connectivity index is 2.07. The van der Waals surface area contributed by atoms with Gasteiger partial charge in [-0.15, -0.1) is 0 Å². The number of carbonyl (C=O) groups excluding carboxylic acids is 1. The Morgan fingerprint density at radius 2 is 1.93 bits per heavy atom. The molecule has 0 aliphatic carbocycles. The second kappa shape index (κ2) is 7.10. The molecule has 0 aromatic carbocycles. The first-order valence-electron chi connectivity index (χ1n) is 5.32. The summed E-state index contributed by atoms with van der Waals surface area (Å²) in [5.41, 5.74) is 0. The smallest absolute Gasteiger partial charge is 0.409 e. The molecule has 0 N–H and O–H groups in total. The number of ether oxygens (including phenoxy) is 1. The van der Waals surface area contributed by atoms with Crippen LogP contribution in [0.1, 0.15) is 32.1 Å². The first kappa shape index (κ1) is 11.8. The average molecular weight is 264 g/mol. The number of likely N-dealkylation sites (tertiary alicyclic amines) is 1. The van der Waals surface area contributed by atoms with E-state index < -0.39 is 0 Å². The third-order valence-corrected chi connectivity index (χ3v) is 2.93. The van der Waals surface area contributed by atoms with Crippen molar-refractivity contribution in [1.29, 1.82) is 0 Å². The minimum atomic E-state index is -0.126. The van der Waals surface area contributed by atoms with E-state index >= 15 is 0 Å². The zero-order chi connectivity index (χ0) is 10.2. The molecule has 1 amide bonds. The summed E-state index contributed by atoms with van der Waals surface area (Å²) < 4.78 is 5.15. The lowest BCUT2D eigenvalue weighted by Crippen LogP contribution is -2.36. The molecule has 0 radical (unpaired) electrons. The first-order chi connectivity index (χ1) is 6.84. The molecule has 0 spiro atoms. The predicted octanol–water partition coefficient (Wildman–Crippen LogP) is 2.78. The molecule has 1 aliphatic rings. The third-order valence-electron chi connectivity index (χ3n) is 2.37. The fourth-order valence-corrected chi connectivity index (χ4v) is 1.92. The minimum absolute atomic E-state index is 0.126. The highest BCUT2D eigenvalue weighted by Gasteiger charge is 2.16. The number of hydrogen-bond donors (Lipinski definition) is 0. The summed E-state index contributed by atoms with van der Waals surface area (Å²) in [5.74, 6) is 0. The van der Waals surface area contributed by atoms with Crippen LogP contribution in [0, 0.1) is 0 Å². The molecule has 1 rings (SSSR count). The van der Waals surface area contributed by atoms with Gasteiger partial charge in [-0.25, -0.2) is 4.79 Å². The second-order valence-electron chi connectivity index (χ2n) is 3.56. The van der Waals surface area contributed by atoms with Crippen molar-refractivity contribution in [3.8, 4) is 0 Å². The normalized spacial score (nSPS) is 16.8. The van der Waals surface area contributed by atoms with Gasteiger partial charge in [0.25, 0.3) is 0 Å². The van der Waals surface area contributed by atoms with E-state index in [4.69, 9.17) is 4.74 Å². The number of alkyl halides is 1. The molecular weight excluding hydrogens is 246 g/mol. The Bertz CT molecular complexity index is 170. The van der Waals surface area contributed by atoms with Crippen LogP contribution >= 0.6 is 15.9 Å². The standard InChI is InChI=1S/C10H18BrNO2/c11-6-2-5-9-14-10(13)12-7-3-1-4-8-12/h1-9H2. The van der Waals surface area contributed by atoms with E-state index in [1.165, 1.54) is 6.42 Å². The monoisotopic (exact) mass is 263 g/mol. The van der Waals surface area contributed by atoms with Crippen molar-refractivity contribution in [2.75, 3.05) is 25.0 Å². The molecule has 82 valence electrons. The minimum Gasteiger partial charge on any atom is -0.449 e. The fourth-order valence-electron chi connectivity index (χ4n) is 1.52. The lowest BCUT2D eigenvalue weighted by atomic mass is 10.1. The van der Waals surface area contributed by atoms with Gasteiger partial charge in [0.2, 0.25) is 0 Å². The predicted molar refractivity (Wildman–Crippen MR) is 59.8 cm³/mol. The van der Waals surface area contributed by atoms with Gasteiger partial charge < -0.3 is 9.64 Å². The molecule has 14 heavy (non-hydrogen) atoms. The lowest BCUT2D eigenvalue weighted by Gasteiger charge is -2.25. The van der Waals surface area contributed by atoms with Crippen LogP contribution in [0.25, 0.3) is 0 Å². The summed E-state index contributed by atoms with van der Waals surface area (Å²) in [7, 11) is 0. The molecule has 0 saturated carbocycles. The van der Waals surface area contributed by atoms with E-state index in [9.17, 15) is 4.79 Å². The first-order valence-corrected chi connectivity index (χ1v) is 6.44. The van der Waals surface area contributed by atoms with Crippen LogP contribution in [0.3, 0.4) is 0 Å². The van der Waals surface area contributed by atoms with Crippen LogP contribution in [0.15, 0.2) is 0 Å². The maximum atomic E-state index is 11.5. The Kier molecular flexibility index (Phi) is 5.99. The third kappa shape index (κ3) is 4.31. The maximum Gasteiger partial charge on any atom is 0.409 e. The van der Waals surface area contributed by atoms with Crippen molar-refractivity contribution < 1.29 is 9.53 Å². The average Bonchev–Trinajstić information content (AvgIpc) is 2.25. The van der Waals surface area contributed by atoms with Crippen LogP contribution in [-0.4, -0.2) is 36.0 Å². The number of nitrogens with zero attached hydrogens (tertiary/aromatic N) is 1. The van der Waals surface area contributed by atoms with E-state index in [1.54, 1.807) is 0 Å². The SMILES string of the molecule is O=C(OCCCCBr)N1CCCCC1. The maximum absolute atomic E-state index is 11.5. The zero-order valence-corrected chi connectivity index (χ0v) is 10.1. The van der Waals surface area contributed by atoms with E-state index in [2.05, 4.69) is 15.9 Å².